The second-order valence-electron chi connectivity index (χ2n) is 6.38. The number of anilines is 1. The molecule has 0 saturated carbocycles. The number of hydrogen-bond acceptors (Lipinski definition) is 4. The molecule has 0 radical (unpaired) electrons. The molecule has 1 saturated heterocycles. The number of benzene rings is 2. The lowest BCUT2D eigenvalue weighted by Crippen LogP contribution is -2.34. The number of nitrogens with zero attached hydrogens (tertiary/aromatic N) is 2. The van der Waals surface area contributed by atoms with Crippen LogP contribution in [0.3, 0.4) is 0 Å². The number of aromatic nitrogens is 2. The van der Waals surface area contributed by atoms with Gasteiger partial charge in [0.05, 0.1) is 29.5 Å². The van der Waals surface area contributed by atoms with Crippen LogP contribution >= 0.6 is 11.6 Å². The minimum atomic E-state index is 0.221. The molecule has 2 aromatic carbocycles. The molecule has 6 heteroatoms. The summed E-state index contributed by atoms with van der Waals surface area (Å²) >= 11 is 6.87. The number of hydrogen-bond donors (Lipinski definition) is 2. The number of halogens is 1. The van der Waals surface area contributed by atoms with Gasteiger partial charge in [-0.05, 0) is 0 Å². The van der Waals surface area contributed by atoms with Gasteiger partial charge in [-0.25, -0.2) is 4.68 Å². The SMILES string of the molecule is ClC1=C(c2ccccc2)NNc2c1c(-c1ccccc1)nn2C1COC1. The largest absolute Gasteiger partial charge is 0.377 e. The van der Waals surface area contributed by atoms with Gasteiger partial charge in [-0.3, -0.25) is 10.9 Å². The summed E-state index contributed by atoms with van der Waals surface area (Å²) in [5, 5.41) is 5.54. The van der Waals surface area contributed by atoms with Gasteiger partial charge in [0, 0.05) is 11.1 Å². The van der Waals surface area contributed by atoms with Gasteiger partial charge in [-0.2, -0.15) is 5.10 Å². The van der Waals surface area contributed by atoms with Crippen LogP contribution in [0.1, 0.15) is 17.2 Å². The number of fused-ring (bicyclic) bond motifs is 1. The van der Waals surface area contributed by atoms with Crippen molar-refractivity contribution in [2.24, 2.45) is 0 Å². The molecular formula is C20H17ClN4O. The van der Waals surface area contributed by atoms with Gasteiger partial charge in [-0.1, -0.05) is 72.3 Å². The van der Waals surface area contributed by atoms with Crippen LogP contribution in [-0.4, -0.2) is 23.0 Å². The molecule has 3 heterocycles. The standard InChI is InChI=1S/C20H17ClN4O/c21-17-16-18(13-7-3-1-4-8-13)24-25(15-11-26-12-15)20(16)23-22-19(17)14-9-5-2-6-10-14/h1-10,15,22-23H,11-12H2. The molecule has 1 aromatic heterocycles. The first-order chi connectivity index (χ1) is 12.8. The fraction of sp³-hybridized carbons (Fsp3) is 0.150. The molecule has 26 heavy (non-hydrogen) atoms. The van der Waals surface area contributed by atoms with Gasteiger partial charge in [0.25, 0.3) is 0 Å². The Kier molecular flexibility index (Phi) is 3.69. The molecule has 0 spiro atoms. The van der Waals surface area contributed by atoms with E-state index < -0.39 is 0 Å². The molecule has 0 aliphatic carbocycles. The molecule has 2 N–H and O–H groups in total. The summed E-state index contributed by atoms with van der Waals surface area (Å²) in [6, 6.07) is 20.4. The van der Waals surface area contributed by atoms with Crippen LogP contribution < -0.4 is 10.9 Å². The number of ether oxygens (including phenoxy) is 1. The summed E-state index contributed by atoms with van der Waals surface area (Å²) in [5.74, 6) is 0.877. The Hall–Kier alpha value is -2.76. The Morgan fingerprint density at radius 1 is 0.923 bits per heavy atom. The van der Waals surface area contributed by atoms with E-state index >= 15 is 0 Å². The predicted molar refractivity (Wildman–Crippen MR) is 103 cm³/mol. The van der Waals surface area contributed by atoms with Gasteiger partial charge in [0.15, 0.2) is 5.82 Å². The van der Waals surface area contributed by atoms with Crippen molar-refractivity contribution in [2.75, 3.05) is 18.6 Å². The maximum absolute atomic E-state index is 6.87. The fourth-order valence-electron chi connectivity index (χ4n) is 3.29. The predicted octanol–water partition coefficient (Wildman–Crippen LogP) is 4.12. The van der Waals surface area contributed by atoms with E-state index in [2.05, 4.69) is 23.0 Å². The first-order valence-corrected chi connectivity index (χ1v) is 8.94. The second kappa shape index (κ2) is 6.20. The second-order valence-corrected chi connectivity index (χ2v) is 6.76. The zero-order valence-corrected chi connectivity index (χ0v) is 14.7. The molecule has 0 amide bonds. The minimum Gasteiger partial charge on any atom is -0.377 e. The van der Waals surface area contributed by atoms with E-state index in [4.69, 9.17) is 21.4 Å². The quantitative estimate of drug-likeness (QED) is 0.734. The van der Waals surface area contributed by atoms with E-state index in [1.165, 1.54) is 0 Å². The Bertz CT molecular complexity index is 978. The molecule has 2 aliphatic heterocycles. The highest BCUT2D eigenvalue weighted by atomic mass is 35.5. The topological polar surface area (TPSA) is 51.1 Å². The monoisotopic (exact) mass is 364 g/mol. The van der Waals surface area contributed by atoms with Crippen molar-refractivity contribution in [3.63, 3.8) is 0 Å². The molecule has 3 aromatic rings. The van der Waals surface area contributed by atoms with Crippen LogP contribution in [0, 0.1) is 0 Å². The van der Waals surface area contributed by atoms with E-state index in [1.807, 2.05) is 53.2 Å². The van der Waals surface area contributed by atoms with Crippen molar-refractivity contribution >= 4 is 28.1 Å². The molecule has 130 valence electrons. The highest BCUT2D eigenvalue weighted by molar-refractivity contribution is 6.53. The average Bonchev–Trinajstić information content (AvgIpc) is 3.02. The van der Waals surface area contributed by atoms with Gasteiger partial charge >= 0.3 is 0 Å². The van der Waals surface area contributed by atoms with Crippen molar-refractivity contribution in [1.82, 2.24) is 15.2 Å². The number of hydrazine groups is 1. The Morgan fingerprint density at radius 2 is 1.58 bits per heavy atom. The van der Waals surface area contributed by atoms with E-state index in [0.29, 0.717) is 18.2 Å². The summed E-state index contributed by atoms with van der Waals surface area (Å²) in [7, 11) is 0. The molecule has 0 unspecified atom stereocenters. The summed E-state index contributed by atoms with van der Waals surface area (Å²) in [5.41, 5.74) is 11.3. The van der Waals surface area contributed by atoms with Crippen LogP contribution in [0.2, 0.25) is 0 Å². The van der Waals surface area contributed by atoms with Crippen LogP contribution in [0.5, 0.6) is 0 Å². The smallest absolute Gasteiger partial charge is 0.152 e. The third-order valence-corrected chi connectivity index (χ3v) is 5.11. The summed E-state index contributed by atoms with van der Waals surface area (Å²) in [6.45, 7) is 1.33. The summed E-state index contributed by atoms with van der Waals surface area (Å²) in [4.78, 5) is 0. The highest BCUT2D eigenvalue weighted by Gasteiger charge is 2.32. The van der Waals surface area contributed by atoms with E-state index in [9.17, 15) is 0 Å². The van der Waals surface area contributed by atoms with E-state index in [0.717, 1.165) is 33.9 Å². The lowest BCUT2D eigenvalue weighted by Gasteiger charge is -2.29. The maximum atomic E-state index is 6.87. The molecule has 0 atom stereocenters. The Balaban J connectivity index is 1.72. The van der Waals surface area contributed by atoms with E-state index in [-0.39, 0.29) is 6.04 Å². The zero-order valence-electron chi connectivity index (χ0n) is 13.9. The molecular weight excluding hydrogens is 348 g/mol. The van der Waals surface area contributed by atoms with Crippen molar-refractivity contribution < 1.29 is 4.74 Å². The zero-order chi connectivity index (χ0) is 17.5. The first-order valence-electron chi connectivity index (χ1n) is 8.56. The van der Waals surface area contributed by atoms with E-state index in [1.54, 1.807) is 0 Å². The summed E-state index contributed by atoms with van der Waals surface area (Å²) in [6.07, 6.45) is 0. The van der Waals surface area contributed by atoms with Crippen LogP contribution in [0.15, 0.2) is 60.7 Å². The molecule has 1 fully saturated rings. The minimum absolute atomic E-state index is 0.221. The molecule has 0 bridgehead atoms. The van der Waals surface area contributed by atoms with Crippen molar-refractivity contribution in [3.05, 3.63) is 71.8 Å². The fourth-order valence-corrected chi connectivity index (χ4v) is 3.63. The van der Waals surface area contributed by atoms with Crippen molar-refractivity contribution in [3.8, 4) is 11.3 Å². The normalized spacial score (nSPS) is 16.5. The third-order valence-electron chi connectivity index (χ3n) is 4.73. The third kappa shape index (κ3) is 2.40. The van der Waals surface area contributed by atoms with Crippen LogP contribution in [-0.2, 0) is 4.74 Å². The van der Waals surface area contributed by atoms with Gasteiger partial charge in [0.1, 0.15) is 11.7 Å². The van der Waals surface area contributed by atoms with Gasteiger partial charge in [-0.15, -0.1) is 0 Å². The van der Waals surface area contributed by atoms with Crippen molar-refractivity contribution in [2.45, 2.75) is 6.04 Å². The molecule has 5 nitrogen and oxygen atoms in total. The highest BCUT2D eigenvalue weighted by Crippen LogP contribution is 2.43. The molecule has 5 rings (SSSR count). The molecule has 2 aliphatic rings. The van der Waals surface area contributed by atoms with Gasteiger partial charge < -0.3 is 4.74 Å². The number of rotatable bonds is 3. The summed E-state index contributed by atoms with van der Waals surface area (Å²) < 4.78 is 7.34. The van der Waals surface area contributed by atoms with Gasteiger partial charge in [0.2, 0.25) is 0 Å². The van der Waals surface area contributed by atoms with Crippen LogP contribution in [0.4, 0.5) is 5.82 Å². The van der Waals surface area contributed by atoms with Crippen LogP contribution in [0.25, 0.3) is 22.0 Å². The number of nitrogens with one attached hydrogen (secondary N) is 2. The Labute approximate surface area is 156 Å². The lowest BCUT2D eigenvalue weighted by atomic mass is 10.0. The average molecular weight is 365 g/mol. The maximum Gasteiger partial charge on any atom is 0.152 e. The lowest BCUT2D eigenvalue weighted by molar-refractivity contribution is -0.0276. The Morgan fingerprint density at radius 3 is 2.19 bits per heavy atom. The van der Waals surface area contributed by atoms with Crippen molar-refractivity contribution in [1.29, 1.82) is 0 Å². The first kappa shape index (κ1) is 15.5.